The maximum Gasteiger partial charge on any atom is 0.290 e. The van der Waals surface area contributed by atoms with Gasteiger partial charge in [-0.15, -0.1) is 0 Å². The molecule has 1 fully saturated rings. The number of rotatable bonds is 5. The molecular weight excluding hydrogens is 262 g/mol. The number of thioether (sulfide) groups is 1. The lowest BCUT2D eigenvalue weighted by Gasteiger charge is -2.05. The molecule has 4 nitrogen and oxygen atoms in total. The van der Waals surface area contributed by atoms with Crippen molar-refractivity contribution in [2.75, 3.05) is 6.61 Å². The second-order valence-corrected chi connectivity index (χ2v) is 5.14. The molecule has 0 aliphatic carbocycles. The number of carbonyl (C=O) groups is 2. The van der Waals surface area contributed by atoms with Gasteiger partial charge in [-0.05, 0) is 42.0 Å². The van der Waals surface area contributed by atoms with Gasteiger partial charge in [-0.25, -0.2) is 0 Å². The lowest BCUT2D eigenvalue weighted by molar-refractivity contribution is -0.115. The van der Waals surface area contributed by atoms with E-state index in [0.717, 1.165) is 35.9 Å². The highest BCUT2D eigenvalue weighted by Gasteiger charge is 2.24. The Balaban J connectivity index is 2.00. The summed E-state index contributed by atoms with van der Waals surface area (Å²) in [6.07, 6.45) is 3.83. The zero-order valence-electron chi connectivity index (χ0n) is 10.6. The number of unbranched alkanes of at least 4 members (excludes halogenated alkanes) is 1. The van der Waals surface area contributed by atoms with Gasteiger partial charge < -0.3 is 4.74 Å². The predicted molar refractivity (Wildman–Crippen MR) is 76.0 cm³/mol. The van der Waals surface area contributed by atoms with E-state index >= 15 is 0 Å². The van der Waals surface area contributed by atoms with Crippen molar-refractivity contribution < 1.29 is 14.3 Å². The number of amides is 2. The summed E-state index contributed by atoms with van der Waals surface area (Å²) in [4.78, 5) is 22.8. The third-order valence-electron chi connectivity index (χ3n) is 2.59. The Morgan fingerprint density at radius 1 is 1.26 bits per heavy atom. The van der Waals surface area contributed by atoms with E-state index in [1.54, 1.807) is 6.08 Å². The van der Waals surface area contributed by atoms with Crippen LogP contribution in [0.15, 0.2) is 29.2 Å². The summed E-state index contributed by atoms with van der Waals surface area (Å²) in [5.74, 6) is 0.480. The summed E-state index contributed by atoms with van der Waals surface area (Å²) in [6, 6.07) is 7.46. The minimum Gasteiger partial charge on any atom is -0.494 e. The second kappa shape index (κ2) is 6.43. The molecular formula is C14H15NO3S. The number of ether oxygens (including phenoxy) is 1. The minimum absolute atomic E-state index is 0.323. The highest BCUT2D eigenvalue weighted by Crippen LogP contribution is 2.26. The predicted octanol–water partition coefficient (Wildman–Crippen LogP) is 3.19. The maximum atomic E-state index is 11.4. The molecule has 2 amide bonds. The smallest absolute Gasteiger partial charge is 0.290 e. The molecule has 1 heterocycles. The molecule has 1 aromatic carbocycles. The molecule has 1 aromatic rings. The topological polar surface area (TPSA) is 55.4 Å². The van der Waals surface area contributed by atoms with Crippen molar-refractivity contribution in [1.29, 1.82) is 0 Å². The fourth-order valence-electron chi connectivity index (χ4n) is 1.57. The molecule has 1 saturated heterocycles. The number of nitrogens with one attached hydrogen (secondary N) is 1. The van der Waals surface area contributed by atoms with Crippen LogP contribution in [0.5, 0.6) is 5.75 Å². The summed E-state index contributed by atoms with van der Waals surface area (Å²) in [5.41, 5.74) is 0.871. The Morgan fingerprint density at radius 2 is 2.00 bits per heavy atom. The van der Waals surface area contributed by atoms with Crippen LogP contribution in [-0.4, -0.2) is 17.8 Å². The maximum absolute atomic E-state index is 11.4. The van der Waals surface area contributed by atoms with Crippen LogP contribution in [-0.2, 0) is 4.79 Å². The van der Waals surface area contributed by atoms with Gasteiger partial charge in [0.1, 0.15) is 5.75 Å². The second-order valence-electron chi connectivity index (χ2n) is 4.12. The molecule has 100 valence electrons. The molecule has 0 aromatic heterocycles. The average molecular weight is 277 g/mol. The first kappa shape index (κ1) is 13.7. The van der Waals surface area contributed by atoms with E-state index in [1.165, 1.54) is 0 Å². The van der Waals surface area contributed by atoms with Gasteiger partial charge in [0.15, 0.2) is 0 Å². The van der Waals surface area contributed by atoms with E-state index in [4.69, 9.17) is 4.74 Å². The van der Waals surface area contributed by atoms with E-state index in [2.05, 4.69) is 12.2 Å². The van der Waals surface area contributed by atoms with E-state index in [-0.39, 0.29) is 11.1 Å². The van der Waals surface area contributed by atoms with Crippen molar-refractivity contribution in [3.8, 4) is 5.75 Å². The van der Waals surface area contributed by atoms with Gasteiger partial charge in [0.25, 0.3) is 11.1 Å². The van der Waals surface area contributed by atoms with Crippen LogP contribution in [0.4, 0.5) is 4.79 Å². The molecule has 0 saturated carbocycles. The van der Waals surface area contributed by atoms with Crippen molar-refractivity contribution in [2.24, 2.45) is 0 Å². The van der Waals surface area contributed by atoms with Gasteiger partial charge in [-0.1, -0.05) is 25.5 Å². The Hall–Kier alpha value is -1.75. The average Bonchev–Trinajstić information content (AvgIpc) is 2.70. The summed E-state index contributed by atoms with van der Waals surface area (Å²) >= 11 is 0.920. The van der Waals surface area contributed by atoms with Crippen LogP contribution in [0.3, 0.4) is 0 Å². The minimum atomic E-state index is -0.335. The van der Waals surface area contributed by atoms with Gasteiger partial charge in [0.05, 0.1) is 11.5 Å². The van der Waals surface area contributed by atoms with Crippen LogP contribution in [0.1, 0.15) is 25.3 Å². The molecule has 0 bridgehead atoms. The first-order chi connectivity index (χ1) is 9.19. The van der Waals surface area contributed by atoms with Gasteiger partial charge in [-0.3, -0.25) is 14.9 Å². The zero-order valence-corrected chi connectivity index (χ0v) is 11.5. The lowest BCUT2D eigenvalue weighted by Crippen LogP contribution is -2.17. The van der Waals surface area contributed by atoms with Gasteiger partial charge in [0.2, 0.25) is 0 Å². The normalized spacial score (nSPS) is 16.8. The molecule has 0 spiro atoms. The molecule has 1 aliphatic rings. The van der Waals surface area contributed by atoms with E-state index < -0.39 is 0 Å². The molecule has 5 heteroatoms. The van der Waals surface area contributed by atoms with Crippen molar-refractivity contribution in [3.05, 3.63) is 34.7 Å². The van der Waals surface area contributed by atoms with Crippen LogP contribution in [0.2, 0.25) is 0 Å². The fraction of sp³-hybridized carbons (Fsp3) is 0.286. The zero-order chi connectivity index (χ0) is 13.7. The molecule has 0 unspecified atom stereocenters. The Kier molecular flexibility index (Phi) is 4.63. The van der Waals surface area contributed by atoms with Crippen LogP contribution >= 0.6 is 11.8 Å². The van der Waals surface area contributed by atoms with Crippen molar-refractivity contribution in [1.82, 2.24) is 5.32 Å². The first-order valence-corrected chi connectivity index (χ1v) is 6.98. The third kappa shape index (κ3) is 3.86. The van der Waals surface area contributed by atoms with E-state index in [1.807, 2.05) is 24.3 Å². The monoisotopic (exact) mass is 277 g/mol. The fourth-order valence-corrected chi connectivity index (χ4v) is 2.25. The third-order valence-corrected chi connectivity index (χ3v) is 3.40. The Bertz CT molecular complexity index is 508. The summed E-state index contributed by atoms with van der Waals surface area (Å²) in [6.45, 7) is 2.83. The lowest BCUT2D eigenvalue weighted by atomic mass is 10.2. The quantitative estimate of drug-likeness (QED) is 0.663. The molecule has 19 heavy (non-hydrogen) atoms. The summed E-state index contributed by atoms with van der Waals surface area (Å²) in [7, 11) is 0. The van der Waals surface area contributed by atoms with Gasteiger partial charge >= 0.3 is 0 Å². The van der Waals surface area contributed by atoms with E-state index in [0.29, 0.717) is 11.5 Å². The van der Waals surface area contributed by atoms with Crippen molar-refractivity contribution >= 4 is 29.0 Å². The summed E-state index contributed by atoms with van der Waals surface area (Å²) in [5, 5.41) is 1.90. The first-order valence-electron chi connectivity index (χ1n) is 6.17. The van der Waals surface area contributed by atoms with Gasteiger partial charge in [-0.2, -0.15) is 0 Å². The van der Waals surface area contributed by atoms with Crippen molar-refractivity contribution in [3.63, 3.8) is 0 Å². The summed E-state index contributed by atoms with van der Waals surface area (Å²) < 4.78 is 5.55. The standard InChI is InChI=1S/C14H15NO3S/c1-2-3-8-18-11-6-4-10(5-7-11)9-12-13(16)15-14(17)19-12/h4-7,9H,2-3,8H2,1H3,(H,15,16,17)/b12-9+. The number of hydrogen-bond donors (Lipinski definition) is 1. The molecule has 1 aliphatic heterocycles. The number of benzene rings is 1. The SMILES string of the molecule is CCCCOc1ccc(/C=C2/SC(=O)NC2=O)cc1. The van der Waals surface area contributed by atoms with Gasteiger partial charge in [0, 0.05) is 0 Å². The number of imide groups is 1. The highest BCUT2D eigenvalue weighted by atomic mass is 32.2. The molecule has 0 radical (unpaired) electrons. The molecule has 1 N–H and O–H groups in total. The number of hydrogen-bond acceptors (Lipinski definition) is 4. The van der Waals surface area contributed by atoms with E-state index in [9.17, 15) is 9.59 Å². The molecule has 0 atom stereocenters. The number of carbonyl (C=O) groups excluding carboxylic acids is 2. The highest BCUT2D eigenvalue weighted by molar-refractivity contribution is 8.18. The largest absolute Gasteiger partial charge is 0.494 e. The molecule has 2 rings (SSSR count). The van der Waals surface area contributed by atoms with Crippen LogP contribution < -0.4 is 10.1 Å². The van der Waals surface area contributed by atoms with Crippen LogP contribution in [0.25, 0.3) is 6.08 Å². The Morgan fingerprint density at radius 3 is 2.58 bits per heavy atom. The van der Waals surface area contributed by atoms with Crippen LogP contribution in [0, 0.1) is 0 Å². The van der Waals surface area contributed by atoms with Crippen molar-refractivity contribution in [2.45, 2.75) is 19.8 Å². The Labute approximate surface area is 116 Å².